The summed E-state index contributed by atoms with van der Waals surface area (Å²) in [6.07, 6.45) is 1.03. The van der Waals surface area contributed by atoms with Crippen LogP contribution in [-0.4, -0.2) is 44.6 Å². The van der Waals surface area contributed by atoms with Crippen LogP contribution in [0.2, 0.25) is 0 Å². The number of benzene rings is 2. The normalized spacial score (nSPS) is 14.2. The molecule has 1 aliphatic rings. The predicted octanol–water partition coefficient (Wildman–Crippen LogP) is 3.09. The molecule has 0 spiro atoms. The van der Waals surface area contributed by atoms with Gasteiger partial charge in [0.1, 0.15) is 5.52 Å². The molecule has 5 rings (SSSR count). The molecule has 0 bridgehead atoms. The summed E-state index contributed by atoms with van der Waals surface area (Å²) < 4.78 is 3.39. The zero-order valence-electron chi connectivity index (χ0n) is 19.1. The Morgan fingerprint density at radius 1 is 1.03 bits per heavy atom. The largest absolute Gasteiger partial charge is 0.349 e. The molecule has 0 radical (unpaired) electrons. The Balaban J connectivity index is 1.34. The third kappa shape index (κ3) is 4.16. The number of aromatic nitrogens is 3. The zero-order chi connectivity index (χ0) is 22.9. The quantitative estimate of drug-likeness (QED) is 0.497. The molecule has 1 amide bonds. The maximum Gasteiger partial charge on any atom is 0.277 e. The van der Waals surface area contributed by atoms with Crippen LogP contribution in [0.1, 0.15) is 35.5 Å². The average Bonchev–Trinajstić information content (AvgIpc) is 3.28. The van der Waals surface area contributed by atoms with Gasteiger partial charge in [0.25, 0.3) is 11.5 Å². The van der Waals surface area contributed by atoms with Crippen molar-refractivity contribution in [1.29, 1.82) is 0 Å². The monoisotopic (exact) mass is 443 g/mol. The average molecular weight is 444 g/mol. The van der Waals surface area contributed by atoms with Gasteiger partial charge < -0.3 is 9.88 Å². The van der Waals surface area contributed by atoms with Crippen molar-refractivity contribution in [3.8, 4) is 0 Å². The van der Waals surface area contributed by atoms with E-state index in [1.807, 2.05) is 24.3 Å². The summed E-state index contributed by atoms with van der Waals surface area (Å²) in [6, 6.07) is 17.8. The first-order valence-corrected chi connectivity index (χ1v) is 11.6. The molecule has 0 unspecified atom stereocenters. The van der Waals surface area contributed by atoms with E-state index in [1.54, 1.807) is 15.1 Å². The van der Waals surface area contributed by atoms with Crippen LogP contribution in [0.5, 0.6) is 0 Å². The summed E-state index contributed by atoms with van der Waals surface area (Å²) in [4.78, 5) is 28.4. The first-order chi connectivity index (χ1) is 16.0. The van der Waals surface area contributed by atoms with Gasteiger partial charge in [-0.2, -0.15) is 5.10 Å². The molecule has 0 fully saturated rings. The number of nitrogens with zero attached hydrogens (tertiary/aromatic N) is 4. The van der Waals surface area contributed by atoms with Crippen molar-refractivity contribution in [1.82, 2.24) is 24.4 Å². The Morgan fingerprint density at radius 2 is 1.76 bits per heavy atom. The molecule has 2 aromatic carbocycles. The molecule has 1 N–H and O–H groups in total. The van der Waals surface area contributed by atoms with Gasteiger partial charge in [-0.15, -0.1) is 0 Å². The molecule has 7 heteroatoms. The van der Waals surface area contributed by atoms with Crippen LogP contribution >= 0.6 is 0 Å². The van der Waals surface area contributed by atoms with Gasteiger partial charge in [-0.1, -0.05) is 50.2 Å². The smallest absolute Gasteiger partial charge is 0.277 e. The molecule has 2 aromatic heterocycles. The highest BCUT2D eigenvalue weighted by Gasteiger charge is 2.19. The number of hydrogen-bond acceptors (Lipinski definition) is 4. The van der Waals surface area contributed by atoms with Crippen molar-refractivity contribution in [2.45, 2.75) is 33.4 Å². The molecule has 0 saturated heterocycles. The number of fused-ring (bicyclic) bond motifs is 4. The molecule has 3 heterocycles. The van der Waals surface area contributed by atoms with Crippen LogP contribution in [-0.2, 0) is 19.5 Å². The van der Waals surface area contributed by atoms with Crippen LogP contribution in [0.25, 0.3) is 16.6 Å². The second-order valence-electron chi connectivity index (χ2n) is 9.18. The van der Waals surface area contributed by atoms with Crippen molar-refractivity contribution in [3.05, 3.63) is 81.8 Å². The Morgan fingerprint density at radius 3 is 2.55 bits per heavy atom. The number of rotatable bonds is 6. The first-order valence-electron chi connectivity index (χ1n) is 11.6. The molecular formula is C26H29N5O2. The molecule has 0 aliphatic carbocycles. The summed E-state index contributed by atoms with van der Waals surface area (Å²) in [5.41, 5.74) is 4.98. The fraction of sp³-hybridized carbons (Fsp3) is 0.346. The molecule has 4 aromatic rings. The minimum atomic E-state index is -0.255. The first kappa shape index (κ1) is 21.4. The van der Waals surface area contributed by atoms with Crippen molar-refractivity contribution >= 4 is 22.5 Å². The Hall–Kier alpha value is -3.45. The fourth-order valence-corrected chi connectivity index (χ4v) is 4.66. The maximum atomic E-state index is 13.2. The van der Waals surface area contributed by atoms with E-state index in [9.17, 15) is 9.59 Å². The number of amides is 1. The van der Waals surface area contributed by atoms with Crippen LogP contribution in [0.3, 0.4) is 0 Å². The molecule has 0 saturated carbocycles. The van der Waals surface area contributed by atoms with Gasteiger partial charge in [-0.05, 0) is 35.6 Å². The predicted molar refractivity (Wildman–Crippen MR) is 130 cm³/mol. The third-order valence-corrected chi connectivity index (χ3v) is 6.28. The SMILES string of the molecule is CC(C)Cn1c(=O)c2cc(C(=O)NCCN3CCc4ccccc4C3)nn2c2ccccc21. The summed E-state index contributed by atoms with van der Waals surface area (Å²) in [6.45, 7) is 7.99. The number of carbonyl (C=O) groups excluding carboxylic acids is 1. The summed E-state index contributed by atoms with van der Waals surface area (Å²) in [5.74, 6) is 0.0657. The lowest BCUT2D eigenvalue weighted by molar-refractivity contribution is 0.0942. The van der Waals surface area contributed by atoms with Crippen LogP contribution in [0, 0.1) is 5.92 Å². The Bertz CT molecular complexity index is 1380. The van der Waals surface area contributed by atoms with E-state index in [1.165, 1.54) is 11.1 Å². The molecule has 170 valence electrons. The third-order valence-electron chi connectivity index (χ3n) is 6.28. The second kappa shape index (κ2) is 8.83. The lowest BCUT2D eigenvalue weighted by Crippen LogP contribution is -2.37. The highest BCUT2D eigenvalue weighted by atomic mass is 16.2. The van der Waals surface area contributed by atoms with Gasteiger partial charge in [0.2, 0.25) is 0 Å². The van der Waals surface area contributed by atoms with Crippen molar-refractivity contribution in [2.75, 3.05) is 19.6 Å². The van der Waals surface area contributed by atoms with Gasteiger partial charge >= 0.3 is 0 Å². The fourth-order valence-electron chi connectivity index (χ4n) is 4.66. The van der Waals surface area contributed by atoms with E-state index >= 15 is 0 Å². The minimum absolute atomic E-state index is 0.124. The molecule has 33 heavy (non-hydrogen) atoms. The Kier molecular flexibility index (Phi) is 5.72. The highest BCUT2D eigenvalue weighted by molar-refractivity contribution is 5.94. The number of hydrogen-bond donors (Lipinski definition) is 1. The molecular weight excluding hydrogens is 414 g/mol. The number of carbonyl (C=O) groups is 1. The van der Waals surface area contributed by atoms with Gasteiger partial charge in [0, 0.05) is 38.8 Å². The van der Waals surface area contributed by atoms with E-state index < -0.39 is 0 Å². The number of nitrogens with one attached hydrogen (secondary N) is 1. The van der Waals surface area contributed by atoms with Gasteiger partial charge in [-0.25, -0.2) is 4.52 Å². The minimum Gasteiger partial charge on any atom is -0.349 e. The van der Waals surface area contributed by atoms with Crippen molar-refractivity contribution < 1.29 is 4.79 Å². The van der Waals surface area contributed by atoms with E-state index in [-0.39, 0.29) is 17.2 Å². The van der Waals surface area contributed by atoms with E-state index in [2.05, 4.69) is 53.4 Å². The topological polar surface area (TPSA) is 71.6 Å². The standard InChI is InChI=1S/C26H29N5O2/c1-18(2)16-30-22-9-5-6-10-23(22)31-24(26(30)33)15-21(28-31)25(32)27-12-14-29-13-11-19-7-3-4-8-20(19)17-29/h3-10,15,18H,11-14,16-17H2,1-2H3,(H,27,32). The number of para-hydroxylation sites is 2. The zero-order valence-corrected chi connectivity index (χ0v) is 19.1. The van der Waals surface area contributed by atoms with Crippen LogP contribution in [0.15, 0.2) is 59.4 Å². The molecule has 7 nitrogen and oxygen atoms in total. The van der Waals surface area contributed by atoms with Crippen LogP contribution < -0.4 is 10.9 Å². The lowest BCUT2D eigenvalue weighted by Gasteiger charge is -2.28. The summed E-state index contributed by atoms with van der Waals surface area (Å²) in [5, 5.41) is 7.48. The second-order valence-corrected chi connectivity index (χ2v) is 9.18. The molecule has 1 aliphatic heterocycles. The van der Waals surface area contributed by atoms with Gasteiger partial charge in [-0.3, -0.25) is 14.5 Å². The summed E-state index contributed by atoms with van der Waals surface area (Å²) in [7, 11) is 0. The lowest BCUT2D eigenvalue weighted by atomic mass is 10.00. The van der Waals surface area contributed by atoms with Crippen molar-refractivity contribution in [3.63, 3.8) is 0 Å². The van der Waals surface area contributed by atoms with E-state index in [4.69, 9.17) is 0 Å². The van der Waals surface area contributed by atoms with E-state index in [0.29, 0.717) is 24.5 Å². The van der Waals surface area contributed by atoms with E-state index in [0.717, 1.165) is 37.1 Å². The van der Waals surface area contributed by atoms with Gasteiger partial charge in [0.15, 0.2) is 5.69 Å². The van der Waals surface area contributed by atoms with Gasteiger partial charge in [0.05, 0.1) is 11.0 Å². The Labute approximate surface area is 192 Å². The maximum absolute atomic E-state index is 13.2. The van der Waals surface area contributed by atoms with Crippen molar-refractivity contribution in [2.24, 2.45) is 5.92 Å². The highest BCUT2D eigenvalue weighted by Crippen LogP contribution is 2.18. The summed E-state index contributed by atoms with van der Waals surface area (Å²) >= 11 is 0. The van der Waals surface area contributed by atoms with Crippen LogP contribution in [0.4, 0.5) is 0 Å². The molecule has 0 atom stereocenters.